The predicted molar refractivity (Wildman–Crippen MR) is 55.0 cm³/mol. The molecule has 2 fully saturated rings. The maximum Gasteiger partial charge on any atom is 0.348 e. The summed E-state index contributed by atoms with van der Waals surface area (Å²) in [6, 6.07) is 0. The summed E-state index contributed by atoms with van der Waals surface area (Å²) in [6.07, 6.45) is 0.739. The van der Waals surface area contributed by atoms with E-state index < -0.39 is 13.2 Å². The molecule has 2 N–H and O–H groups in total. The van der Waals surface area contributed by atoms with Crippen molar-refractivity contribution in [2.45, 2.75) is 30.8 Å². The fourth-order valence-electron chi connectivity index (χ4n) is 2.31. The third kappa shape index (κ3) is 1.97. The Bertz CT molecular complexity index is 350. The first-order chi connectivity index (χ1) is 7.38. The molecule has 16 heavy (non-hydrogen) atoms. The van der Waals surface area contributed by atoms with Gasteiger partial charge in [-0.3, -0.25) is 4.57 Å². The maximum atomic E-state index is 10.8. The Balaban J connectivity index is 2.24. The molecule has 92 valence electrons. The molecule has 2 aliphatic rings. The fourth-order valence-corrected chi connectivity index (χ4v) is 2.76. The van der Waals surface area contributed by atoms with E-state index in [9.17, 15) is 4.57 Å². The van der Waals surface area contributed by atoms with E-state index in [-0.39, 0.29) is 24.9 Å². The lowest BCUT2D eigenvalue weighted by Gasteiger charge is -2.26. The van der Waals surface area contributed by atoms with Crippen molar-refractivity contribution >= 4 is 7.60 Å². The molecule has 0 aromatic heterocycles. The van der Waals surface area contributed by atoms with Gasteiger partial charge < -0.3 is 24.0 Å². The summed E-state index contributed by atoms with van der Waals surface area (Å²) < 4.78 is 27.2. The molecule has 0 aromatic rings. The Morgan fingerprint density at radius 1 is 1.56 bits per heavy atom. The van der Waals surface area contributed by atoms with Crippen LogP contribution in [0, 0.1) is 0 Å². The molecule has 0 radical (unpaired) electrons. The summed E-state index contributed by atoms with van der Waals surface area (Å²) in [5, 5.41) is 0. The van der Waals surface area contributed by atoms with Crippen molar-refractivity contribution in [3.8, 4) is 0 Å². The molecule has 0 spiro atoms. The first kappa shape index (κ1) is 12.2. The second kappa shape index (κ2) is 3.91. The van der Waals surface area contributed by atoms with Crippen LogP contribution in [-0.4, -0.2) is 47.4 Å². The van der Waals surface area contributed by atoms with E-state index in [0.29, 0.717) is 0 Å². The number of methoxy groups -OCH3 is 1. The summed E-state index contributed by atoms with van der Waals surface area (Å²) >= 11 is 0. The molecule has 0 amide bonds. The van der Waals surface area contributed by atoms with E-state index in [1.165, 1.54) is 13.2 Å². The Hall–Kier alpha value is -0.230. The number of hydrogen-bond acceptors (Lipinski definition) is 4. The van der Waals surface area contributed by atoms with Gasteiger partial charge in [-0.15, -0.1) is 0 Å². The first-order valence-electron chi connectivity index (χ1n) is 4.96. The van der Waals surface area contributed by atoms with Crippen molar-refractivity contribution in [2.75, 3.05) is 13.7 Å². The quantitative estimate of drug-likeness (QED) is 0.698. The molecular formula is C9H15O6P. The average Bonchev–Trinajstić information content (AvgIpc) is 2.65. The van der Waals surface area contributed by atoms with E-state index >= 15 is 0 Å². The first-order valence-corrected chi connectivity index (χ1v) is 6.64. The smallest absolute Gasteiger partial charge is 0.348 e. The zero-order valence-corrected chi connectivity index (χ0v) is 9.96. The van der Waals surface area contributed by atoms with Gasteiger partial charge in [0.15, 0.2) is 0 Å². The largest absolute Gasteiger partial charge is 0.375 e. The lowest BCUT2D eigenvalue weighted by atomic mass is 9.99. The second-order valence-corrected chi connectivity index (χ2v) is 5.59. The standard InChI is InChI=1S/C9H15O6P/c1-6-7-8(13-2)9(15-6,5-14-7)3-4-16(10,11)12/h3-4,6-8H,5H2,1-2H3,(H2,10,11,12)/b4-3+/t6-,7+,8?,9-/m0/s1. The average molecular weight is 250 g/mol. The molecule has 6 nitrogen and oxygen atoms in total. The van der Waals surface area contributed by atoms with Crippen LogP contribution in [0.15, 0.2) is 11.9 Å². The van der Waals surface area contributed by atoms with Crippen LogP contribution in [-0.2, 0) is 18.8 Å². The molecule has 4 atom stereocenters. The molecule has 2 heterocycles. The monoisotopic (exact) mass is 250 g/mol. The minimum atomic E-state index is -4.18. The molecule has 7 heteroatoms. The summed E-state index contributed by atoms with van der Waals surface area (Å²) in [5.41, 5.74) is -0.861. The summed E-state index contributed by atoms with van der Waals surface area (Å²) in [6.45, 7) is 2.11. The van der Waals surface area contributed by atoms with Crippen LogP contribution in [0.3, 0.4) is 0 Å². The third-order valence-corrected chi connectivity index (χ3v) is 3.49. The van der Waals surface area contributed by atoms with E-state index in [1.807, 2.05) is 6.92 Å². The minimum absolute atomic E-state index is 0.139. The number of rotatable bonds is 3. The Morgan fingerprint density at radius 2 is 2.25 bits per heavy atom. The van der Waals surface area contributed by atoms with Gasteiger partial charge in [-0.25, -0.2) is 0 Å². The van der Waals surface area contributed by atoms with E-state index in [4.69, 9.17) is 24.0 Å². The highest BCUT2D eigenvalue weighted by molar-refractivity contribution is 7.55. The van der Waals surface area contributed by atoms with Crippen molar-refractivity contribution in [3.63, 3.8) is 0 Å². The van der Waals surface area contributed by atoms with Crippen LogP contribution >= 0.6 is 7.60 Å². The Morgan fingerprint density at radius 3 is 2.75 bits per heavy atom. The SMILES string of the molecule is COC1[C@@H]2OC[C@]1(/C=C/P(=O)(O)O)O[C@H]2C. The molecule has 0 aromatic carbocycles. The fraction of sp³-hybridized carbons (Fsp3) is 0.778. The third-order valence-electron chi connectivity index (χ3n) is 2.95. The summed E-state index contributed by atoms with van der Waals surface area (Å²) in [4.78, 5) is 17.6. The topological polar surface area (TPSA) is 85.2 Å². The highest BCUT2D eigenvalue weighted by Crippen LogP contribution is 2.45. The maximum absolute atomic E-state index is 10.8. The van der Waals surface area contributed by atoms with Crippen LogP contribution in [0.25, 0.3) is 0 Å². The lowest BCUT2D eigenvalue weighted by molar-refractivity contribution is -0.116. The predicted octanol–water partition coefficient (Wildman–Crippen LogP) is 0.249. The molecule has 2 saturated heterocycles. The summed E-state index contributed by atoms with van der Waals surface area (Å²) in [7, 11) is -2.65. The Kier molecular flexibility index (Phi) is 2.99. The molecular weight excluding hydrogens is 235 g/mol. The zero-order valence-electron chi connectivity index (χ0n) is 9.07. The normalized spacial score (nSPS) is 43.4. The lowest BCUT2D eigenvalue weighted by Crippen LogP contribution is -2.39. The van der Waals surface area contributed by atoms with Gasteiger partial charge in [0.05, 0.1) is 12.7 Å². The van der Waals surface area contributed by atoms with Crippen molar-refractivity contribution < 1.29 is 28.6 Å². The van der Waals surface area contributed by atoms with Crippen LogP contribution in [0.5, 0.6) is 0 Å². The van der Waals surface area contributed by atoms with Gasteiger partial charge in [-0.05, 0) is 13.0 Å². The van der Waals surface area contributed by atoms with Gasteiger partial charge in [0.25, 0.3) is 0 Å². The van der Waals surface area contributed by atoms with Crippen LogP contribution in [0.4, 0.5) is 0 Å². The molecule has 0 saturated carbocycles. The van der Waals surface area contributed by atoms with E-state index in [1.54, 1.807) is 0 Å². The van der Waals surface area contributed by atoms with Crippen molar-refractivity contribution in [2.24, 2.45) is 0 Å². The number of fused-ring (bicyclic) bond motifs is 2. The molecule has 1 unspecified atom stereocenters. The van der Waals surface area contributed by atoms with Gasteiger partial charge in [-0.1, -0.05) is 0 Å². The van der Waals surface area contributed by atoms with E-state index in [0.717, 1.165) is 5.82 Å². The van der Waals surface area contributed by atoms with Gasteiger partial charge in [0, 0.05) is 12.9 Å². The Labute approximate surface area is 93.3 Å². The molecule has 2 rings (SSSR count). The van der Waals surface area contributed by atoms with Gasteiger partial charge in [-0.2, -0.15) is 0 Å². The van der Waals surface area contributed by atoms with Crippen LogP contribution < -0.4 is 0 Å². The highest BCUT2D eigenvalue weighted by Gasteiger charge is 2.59. The van der Waals surface area contributed by atoms with Gasteiger partial charge >= 0.3 is 7.60 Å². The van der Waals surface area contributed by atoms with Gasteiger partial charge in [0.2, 0.25) is 0 Å². The number of ether oxygens (including phenoxy) is 3. The molecule has 2 aliphatic heterocycles. The highest BCUT2D eigenvalue weighted by atomic mass is 31.2. The van der Waals surface area contributed by atoms with Crippen molar-refractivity contribution in [1.82, 2.24) is 0 Å². The van der Waals surface area contributed by atoms with Gasteiger partial charge in [0.1, 0.15) is 17.8 Å². The van der Waals surface area contributed by atoms with Crippen LogP contribution in [0.1, 0.15) is 6.92 Å². The van der Waals surface area contributed by atoms with Crippen molar-refractivity contribution in [3.05, 3.63) is 11.9 Å². The second-order valence-electron chi connectivity index (χ2n) is 4.11. The summed E-state index contributed by atoms with van der Waals surface area (Å²) in [5.74, 6) is 0.850. The van der Waals surface area contributed by atoms with Crippen molar-refractivity contribution in [1.29, 1.82) is 0 Å². The zero-order chi connectivity index (χ0) is 12.0. The minimum Gasteiger partial charge on any atom is -0.375 e. The number of hydrogen-bond donors (Lipinski definition) is 2. The van der Waals surface area contributed by atoms with Crippen LogP contribution in [0.2, 0.25) is 0 Å². The molecule has 0 aliphatic carbocycles. The molecule has 2 bridgehead atoms. The van der Waals surface area contributed by atoms with E-state index in [2.05, 4.69) is 0 Å².